The lowest BCUT2D eigenvalue weighted by Gasteiger charge is -2.26. The third kappa shape index (κ3) is 6.12. The molecule has 148 valence electrons. The van der Waals surface area contributed by atoms with E-state index in [1.54, 1.807) is 0 Å². The fourth-order valence-electron chi connectivity index (χ4n) is 3.49. The van der Waals surface area contributed by atoms with Gasteiger partial charge in [0.2, 0.25) is 5.91 Å². The van der Waals surface area contributed by atoms with Crippen LogP contribution in [0.15, 0.2) is 54.6 Å². The SMILES string of the molecule is CC(CCc1ccccc1)NC(=O)Nc1cccc(CN2CCCCC2=O)c1. The molecule has 0 spiro atoms. The fraction of sp³-hybridized carbons (Fsp3) is 0.391. The van der Waals surface area contributed by atoms with Gasteiger partial charge in [0.05, 0.1) is 0 Å². The number of nitrogens with zero attached hydrogens (tertiary/aromatic N) is 1. The van der Waals surface area contributed by atoms with Gasteiger partial charge in [0, 0.05) is 31.2 Å². The molecule has 0 aromatic heterocycles. The minimum absolute atomic E-state index is 0.0781. The Morgan fingerprint density at radius 2 is 1.86 bits per heavy atom. The summed E-state index contributed by atoms with van der Waals surface area (Å²) in [7, 11) is 0. The summed E-state index contributed by atoms with van der Waals surface area (Å²) >= 11 is 0. The van der Waals surface area contributed by atoms with Crippen molar-refractivity contribution in [2.45, 2.75) is 51.6 Å². The van der Waals surface area contributed by atoms with E-state index in [9.17, 15) is 9.59 Å². The minimum atomic E-state index is -0.202. The molecule has 1 fully saturated rings. The summed E-state index contributed by atoms with van der Waals surface area (Å²) in [5.74, 6) is 0.217. The molecule has 1 saturated heterocycles. The number of benzene rings is 2. The highest BCUT2D eigenvalue weighted by atomic mass is 16.2. The molecular weight excluding hydrogens is 350 g/mol. The average Bonchev–Trinajstić information content (AvgIpc) is 2.69. The van der Waals surface area contributed by atoms with Crippen LogP contribution < -0.4 is 10.6 Å². The summed E-state index contributed by atoms with van der Waals surface area (Å²) < 4.78 is 0. The largest absolute Gasteiger partial charge is 0.338 e. The number of nitrogens with one attached hydrogen (secondary N) is 2. The van der Waals surface area contributed by atoms with Crippen LogP contribution in [0.2, 0.25) is 0 Å². The topological polar surface area (TPSA) is 61.4 Å². The van der Waals surface area contributed by atoms with Gasteiger partial charge in [-0.25, -0.2) is 4.79 Å². The monoisotopic (exact) mass is 379 g/mol. The number of anilines is 1. The van der Waals surface area contributed by atoms with Crippen LogP contribution in [0.4, 0.5) is 10.5 Å². The Kier molecular flexibility index (Phi) is 7.06. The summed E-state index contributed by atoms with van der Waals surface area (Å²) in [6, 6.07) is 17.9. The Hall–Kier alpha value is -2.82. The highest BCUT2D eigenvalue weighted by molar-refractivity contribution is 5.89. The Bertz CT molecular complexity index is 791. The van der Waals surface area contributed by atoms with Crippen molar-refractivity contribution in [1.82, 2.24) is 10.2 Å². The van der Waals surface area contributed by atoms with Crippen molar-refractivity contribution in [3.05, 3.63) is 65.7 Å². The number of aryl methyl sites for hydroxylation is 1. The van der Waals surface area contributed by atoms with Gasteiger partial charge in [0.25, 0.3) is 0 Å². The number of carbonyl (C=O) groups excluding carboxylic acids is 2. The predicted molar refractivity (Wildman–Crippen MR) is 112 cm³/mol. The van der Waals surface area contributed by atoms with Crippen molar-refractivity contribution in [2.75, 3.05) is 11.9 Å². The number of likely N-dealkylation sites (tertiary alicyclic amines) is 1. The summed E-state index contributed by atoms with van der Waals surface area (Å²) in [5.41, 5.74) is 3.05. The Balaban J connectivity index is 1.47. The van der Waals surface area contributed by atoms with Gasteiger partial charge in [-0.3, -0.25) is 4.79 Å². The Labute approximate surface area is 167 Å². The van der Waals surface area contributed by atoms with Crippen molar-refractivity contribution >= 4 is 17.6 Å². The molecule has 1 aliphatic heterocycles. The van der Waals surface area contributed by atoms with Crippen molar-refractivity contribution in [3.8, 4) is 0 Å². The molecule has 3 rings (SSSR count). The van der Waals surface area contributed by atoms with E-state index in [-0.39, 0.29) is 18.0 Å². The van der Waals surface area contributed by atoms with Crippen LogP contribution in [0.25, 0.3) is 0 Å². The fourth-order valence-corrected chi connectivity index (χ4v) is 3.49. The molecule has 0 bridgehead atoms. The molecule has 0 aliphatic carbocycles. The first kappa shape index (κ1) is 19.9. The zero-order valence-electron chi connectivity index (χ0n) is 16.5. The van der Waals surface area contributed by atoms with Gasteiger partial charge in [-0.15, -0.1) is 0 Å². The van der Waals surface area contributed by atoms with Gasteiger partial charge in [-0.05, 0) is 55.9 Å². The highest BCUT2D eigenvalue weighted by Gasteiger charge is 2.18. The number of urea groups is 1. The van der Waals surface area contributed by atoms with Gasteiger partial charge < -0.3 is 15.5 Å². The lowest BCUT2D eigenvalue weighted by atomic mass is 10.1. The zero-order chi connectivity index (χ0) is 19.8. The molecule has 2 aromatic rings. The van der Waals surface area contributed by atoms with Gasteiger partial charge >= 0.3 is 6.03 Å². The maximum atomic E-state index is 12.3. The molecule has 1 unspecified atom stereocenters. The number of rotatable bonds is 7. The Morgan fingerprint density at radius 1 is 1.07 bits per heavy atom. The first-order chi connectivity index (χ1) is 13.6. The van der Waals surface area contributed by atoms with Gasteiger partial charge in [-0.1, -0.05) is 42.5 Å². The van der Waals surface area contributed by atoms with Crippen molar-refractivity contribution in [1.29, 1.82) is 0 Å². The van der Waals surface area contributed by atoms with E-state index in [2.05, 4.69) is 22.8 Å². The summed E-state index contributed by atoms with van der Waals surface area (Å²) in [6.45, 7) is 3.43. The third-order valence-corrected chi connectivity index (χ3v) is 5.07. The molecule has 2 N–H and O–H groups in total. The van der Waals surface area contributed by atoms with Gasteiger partial charge in [-0.2, -0.15) is 0 Å². The standard InChI is InChI=1S/C23H29N3O2/c1-18(13-14-19-8-3-2-4-9-19)24-23(28)25-21-11-7-10-20(16-21)17-26-15-6-5-12-22(26)27/h2-4,7-11,16,18H,5-6,12-15,17H2,1H3,(H2,24,25,28). The summed E-state index contributed by atoms with van der Waals surface area (Å²) in [5, 5.41) is 5.90. The van der Waals surface area contributed by atoms with Crippen LogP contribution in [0.1, 0.15) is 43.7 Å². The Morgan fingerprint density at radius 3 is 2.64 bits per heavy atom. The minimum Gasteiger partial charge on any atom is -0.338 e. The molecule has 1 atom stereocenters. The second kappa shape index (κ2) is 9.93. The first-order valence-corrected chi connectivity index (χ1v) is 10.1. The highest BCUT2D eigenvalue weighted by Crippen LogP contribution is 2.17. The number of hydrogen-bond donors (Lipinski definition) is 2. The van der Waals surface area contributed by atoms with Gasteiger partial charge in [0.15, 0.2) is 0 Å². The summed E-state index contributed by atoms with van der Waals surface area (Å²) in [4.78, 5) is 26.2. The van der Waals surface area contributed by atoms with Crippen LogP contribution in [0.3, 0.4) is 0 Å². The molecule has 3 amide bonds. The van der Waals surface area contributed by atoms with Crippen molar-refractivity contribution in [2.24, 2.45) is 0 Å². The lowest BCUT2D eigenvalue weighted by molar-refractivity contribution is -0.133. The van der Waals surface area contributed by atoms with E-state index in [0.29, 0.717) is 13.0 Å². The quantitative estimate of drug-likeness (QED) is 0.752. The second-order valence-electron chi connectivity index (χ2n) is 7.50. The second-order valence-corrected chi connectivity index (χ2v) is 7.50. The molecular formula is C23H29N3O2. The molecule has 1 heterocycles. The lowest BCUT2D eigenvalue weighted by Crippen LogP contribution is -2.36. The zero-order valence-corrected chi connectivity index (χ0v) is 16.5. The third-order valence-electron chi connectivity index (χ3n) is 5.07. The average molecular weight is 380 g/mol. The van der Waals surface area contributed by atoms with Crippen molar-refractivity contribution < 1.29 is 9.59 Å². The van der Waals surface area contributed by atoms with E-state index in [0.717, 1.165) is 43.5 Å². The van der Waals surface area contributed by atoms with Crippen LogP contribution in [-0.2, 0) is 17.8 Å². The van der Waals surface area contributed by atoms with Gasteiger partial charge in [0.1, 0.15) is 0 Å². The smallest absolute Gasteiger partial charge is 0.319 e. The number of hydrogen-bond acceptors (Lipinski definition) is 2. The van der Waals surface area contributed by atoms with Crippen LogP contribution in [0.5, 0.6) is 0 Å². The maximum Gasteiger partial charge on any atom is 0.319 e. The van der Waals surface area contributed by atoms with E-state index < -0.39 is 0 Å². The van der Waals surface area contributed by atoms with Crippen LogP contribution in [0, 0.1) is 0 Å². The first-order valence-electron chi connectivity index (χ1n) is 10.1. The molecule has 5 heteroatoms. The van der Waals surface area contributed by atoms with E-state index >= 15 is 0 Å². The van der Waals surface area contributed by atoms with E-state index in [1.807, 2.05) is 54.3 Å². The molecule has 0 radical (unpaired) electrons. The summed E-state index contributed by atoms with van der Waals surface area (Å²) in [6.07, 6.45) is 4.50. The van der Waals surface area contributed by atoms with E-state index in [1.165, 1.54) is 5.56 Å². The van der Waals surface area contributed by atoms with Crippen LogP contribution >= 0.6 is 0 Å². The van der Waals surface area contributed by atoms with Crippen LogP contribution in [-0.4, -0.2) is 29.4 Å². The molecule has 1 aliphatic rings. The predicted octanol–water partition coefficient (Wildman–Crippen LogP) is 4.34. The van der Waals surface area contributed by atoms with Crippen molar-refractivity contribution in [3.63, 3.8) is 0 Å². The molecule has 0 saturated carbocycles. The maximum absolute atomic E-state index is 12.3. The number of carbonyl (C=O) groups is 2. The number of amides is 3. The molecule has 5 nitrogen and oxygen atoms in total. The normalized spacial score (nSPS) is 15.2. The van der Waals surface area contributed by atoms with E-state index in [4.69, 9.17) is 0 Å². The number of piperidine rings is 1. The molecule has 28 heavy (non-hydrogen) atoms. The molecule has 2 aromatic carbocycles.